The fraction of sp³-hybridized carbons (Fsp3) is 0.308. The SMILES string of the molecule is Cc1nn(C)c(COc2ccc(Br)cc2CCl)c1Cl. The summed E-state index contributed by atoms with van der Waals surface area (Å²) in [7, 11) is 1.85. The predicted molar refractivity (Wildman–Crippen MR) is 81.0 cm³/mol. The van der Waals surface area contributed by atoms with Crippen LogP contribution in [0.2, 0.25) is 5.02 Å². The highest BCUT2D eigenvalue weighted by Gasteiger charge is 2.12. The third-order valence-electron chi connectivity index (χ3n) is 2.79. The lowest BCUT2D eigenvalue weighted by molar-refractivity contribution is 0.292. The van der Waals surface area contributed by atoms with Crippen LogP contribution in [0.5, 0.6) is 5.75 Å². The fourth-order valence-electron chi connectivity index (χ4n) is 1.78. The molecule has 0 atom stereocenters. The second-order valence-corrected chi connectivity index (χ2v) is 5.70. The molecule has 0 saturated carbocycles. The van der Waals surface area contributed by atoms with E-state index in [4.69, 9.17) is 27.9 Å². The molecule has 3 nitrogen and oxygen atoms in total. The molecule has 0 N–H and O–H groups in total. The summed E-state index contributed by atoms with van der Waals surface area (Å²) in [6, 6.07) is 5.75. The van der Waals surface area contributed by atoms with Crippen LogP contribution in [-0.2, 0) is 19.5 Å². The molecule has 2 rings (SSSR count). The van der Waals surface area contributed by atoms with Crippen LogP contribution in [0.3, 0.4) is 0 Å². The van der Waals surface area contributed by atoms with E-state index in [1.807, 2.05) is 32.2 Å². The van der Waals surface area contributed by atoms with Gasteiger partial charge in [0.05, 0.1) is 22.3 Å². The third-order valence-corrected chi connectivity index (χ3v) is 4.07. The van der Waals surface area contributed by atoms with E-state index in [1.54, 1.807) is 4.68 Å². The van der Waals surface area contributed by atoms with Gasteiger partial charge < -0.3 is 4.74 Å². The number of aryl methyl sites for hydroxylation is 2. The van der Waals surface area contributed by atoms with Crippen LogP contribution in [0.4, 0.5) is 0 Å². The minimum atomic E-state index is 0.363. The van der Waals surface area contributed by atoms with Crippen molar-refractivity contribution in [3.05, 3.63) is 44.6 Å². The molecule has 1 aromatic heterocycles. The monoisotopic (exact) mass is 362 g/mol. The van der Waals surface area contributed by atoms with Crippen LogP contribution in [0.25, 0.3) is 0 Å². The normalized spacial score (nSPS) is 10.8. The number of rotatable bonds is 4. The zero-order chi connectivity index (χ0) is 14.0. The quantitative estimate of drug-likeness (QED) is 0.749. The Morgan fingerprint density at radius 2 is 2.16 bits per heavy atom. The molecule has 0 spiro atoms. The van der Waals surface area contributed by atoms with Gasteiger partial charge in [0.2, 0.25) is 0 Å². The number of halogens is 3. The van der Waals surface area contributed by atoms with E-state index >= 15 is 0 Å². The van der Waals surface area contributed by atoms with Gasteiger partial charge in [0.1, 0.15) is 12.4 Å². The first-order valence-corrected chi connectivity index (χ1v) is 7.38. The molecule has 0 aliphatic carbocycles. The predicted octanol–water partition coefficient (Wildman–Crippen LogP) is 4.46. The lowest BCUT2D eigenvalue weighted by Gasteiger charge is -2.11. The van der Waals surface area contributed by atoms with Crippen LogP contribution in [-0.4, -0.2) is 9.78 Å². The summed E-state index contributed by atoms with van der Waals surface area (Å²) >= 11 is 15.5. The van der Waals surface area contributed by atoms with Crippen molar-refractivity contribution >= 4 is 39.1 Å². The topological polar surface area (TPSA) is 27.1 Å². The number of ether oxygens (including phenoxy) is 1. The summed E-state index contributed by atoms with van der Waals surface area (Å²) in [5.41, 5.74) is 2.59. The summed E-state index contributed by atoms with van der Waals surface area (Å²) in [5.74, 6) is 1.15. The number of nitrogens with zero attached hydrogens (tertiary/aromatic N) is 2. The molecule has 0 fully saturated rings. The van der Waals surface area contributed by atoms with Crippen molar-refractivity contribution in [3.8, 4) is 5.75 Å². The number of hydrogen-bond acceptors (Lipinski definition) is 2. The Morgan fingerprint density at radius 1 is 1.42 bits per heavy atom. The molecule has 0 aliphatic rings. The van der Waals surface area contributed by atoms with Gasteiger partial charge in [-0.05, 0) is 25.1 Å². The molecule has 0 bridgehead atoms. The molecule has 102 valence electrons. The molecule has 6 heteroatoms. The number of hydrogen-bond donors (Lipinski definition) is 0. The highest BCUT2D eigenvalue weighted by molar-refractivity contribution is 9.10. The smallest absolute Gasteiger partial charge is 0.131 e. The number of benzene rings is 1. The van der Waals surface area contributed by atoms with Gasteiger partial charge in [-0.2, -0.15) is 5.10 Å². The Bertz CT molecular complexity index is 599. The molecule has 1 heterocycles. The molecular weight excluding hydrogens is 351 g/mol. The van der Waals surface area contributed by atoms with E-state index < -0.39 is 0 Å². The van der Waals surface area contributed by atoms with Crippen molar-refractivity contribution in [1.29, 1.82) is 0 Å². The second-order valence-electron chi connectivity index (χ2n) is 4.14. The van der Waals surface area contributed by atoms with Crippen molar-refractivity contribution in [2.45, 2.75) is 19.4 Å². The van der Waals surface area contributed by atoms with E-state index in [2.05, 4.69) is 21.0 Å². The maximum Gasteiger partial charge on any atom is 0.131 e. The zero-order valence-electron chi connectivity index (χ0n) is 10.6. The molecule has 1 aromatic carbocycles. The van der Waals surface area contributed by atoms with Gasteiger partial charge >= 0.3 is 0 Å². The van der Waals surface area contributed by atoms with Gasteiger partial charge in [-0.25, -0.2) is 0 Å². The van der Waals surface area contributed by atoms with Crippen molar-refractivity contribution < 1.29 is 4.74 Å². The first kappa shape index (κ1) is 14.7. The number of alkyl halides is 1. The van der Waals surface area contributed by atoms with Crippen molar-refractivity contribution in [2.24, 2.45) is 7.05 Å². The molecular formula is C13H13BrCl2N2O. The zero-order valence-corrected chi connectivity index (χ0v) is 13.7. The van der Waals surface area contributed by atoms with Gasteiger partial charge in [-0.15, -0.1) is 11.6 Å². The summed E-state index contributed by atoms with van der Waals surface area (Å²) in [5, 5.41) is 4.90. The van der Waals surface area contributed by atoms with Crippen LogP contribution in [0, 0.1) is 6.92 Å². The Balaban J connectivity index is 2.19. The Labute approximate surface area is 130 Å². The average molecular weight is 364 g/mol. The van der Waals surface area contributed by atoms with E-state index in [0.717, 1.165) is 27.2 Å². The minimum Gasteiger partial charge on any atom is -0.487 e. The van der Waals surface area contributed by atoms with Crippen LogP contribution in [0.15, 0.2) is 22.7 Å². The highest BCUT2D eigenvalue weighted by Crippen LogP contribution is 2.27. The van der Waals surface area contributed by atoms with Gasteiger partial charge in [-0.3, -0.25) is 4.68 Å². The Kier molecular flexibility index (Phi) is 4.76. The first-order valence-electron chi connectivity index (χ1n) is 5.68. The lowest BCUT2D eigenvalue weighted by atomic mass is 10.2. The van der Waals surface area contributed by atoms with E-state index in [0.29, 0.717) is 17.5 Å². The van der Waals surface area contributed by atoms with E-state index in [9.17, 15) is 0 Å². The van der Waals surface area contributed by atoms with Crippen molar-refractivity contribution in [1.82, 2.24) is 9.78 Å². The van der Waals surface area contributed by atoms with Gasteiger partial charge in [0.15, 0.2) is 0 Å². The summed E-state index contributed by atoms with van der Waals surface area (Å²) < 4.78 is 8.50. The van der Waals surface area contributed by atoms with E-state index in [-0.39, 0.29) is 0 Å². The van der Waals surface area contributed by atoms with Crippen LogP contribution >= 0.6 is 39.1 Å². The maximum atomic E-state index is 6.18. The fourth-order valence-corrected chi connectivity index (χ4v) is 2.61. The molecule has 0 aliphatic heterocycles. The summed E-state index contributed by atoms with van der Waals surface area (Å²) in [6.07, 6.45) is 0. The molecule has 0 saturated heterocycles. The first-order chi connectivity index (χ1) is 9.02. The molecule has 19 heavy (non-hydrogen) atoms. The second kappa shape index (κ2) is 6.16. The molecule has 2 aromatic rings. The summed E-state index contributed by atoms with van der Waals surface area (Å²) in [4.78, 5) is 0. The standard InChI is InChI=1S/C13H13BrCl2N2O/c1-8-13(16)11(18(2)17-8)7-19-12-4-3-10(14)5-9(12)6-15/h3-5H,6-7H2,1-2H3. The van der Waals surface area contributed by atoms with Crippen molar-refractivity contribution in [3.63, 3.8) is 0 Å². The molecule has 0 radical (unpaired) electrons. The van der Waals surface area contributed by atoms with Crippen molar-refractivity contribution in [2.75, 3.05) is 0 Å². The van der Waals surface area contributed by atoms with Gasteiger partial charge in [0, 0.05) is 17.1 Å². The Hall–Kier alpha value is -0.710. The van der Waals surface area contributed by atoms with Gasteiger partial charge in [-0.1, -0.05) is 27.5 Å². The van der Waals surface area contributed by atoms with Crippen LogP contribution in [0.1, 0.15) is 17.0 Å². The van der Waals surface area contributed by atoms with E-state index in [1.165, 1.54) is 0 Å². The summed E-state index contributed by atoms with van der Waals surface area (Å²) in [6.45, 7) is 2.23. The lowest BCUT2D eigenvalue weighted by Crippen LogP contribution is -2.04. The largest absolute Gasteiger partial charge is 0.487 e. The molecule has 0 unspecified atom stereocenters. The average Bonchev–Trinajstić information content (AvgIpc) is 2.62. The minimum absolute atomic E-state index is 0.363. The third kappa shape index (κ3) is 3.25. The van der Waals surface area contributed by atoms with Gasteiger partial charge in [0.25, 0.3) is 0 Å². The highest BCUT2D eigenvalue weighted by atomic mass is 79.9. The number of aromatic nitrogens is 2. The maximum absolute atomic E-state index is 6.18. The molecule has 0 amide bonds. The Morgan fingerprint density at radius 3 is 2.74 bits per heavy atom. The van der Waals surface area contributed by atoms with Crippen LogP contribution < -0.4 is 4.74 Å².